The number of hydrogen-bond acceptors (Lipinski definition) is 4. The molecular weight excluding hydrogens is 262 g/mol. The third-order valence-corrected chi connectivity index (χ3v) is 2.88. The van der Waals surface area contributed by atoms with Crippen LogP contribution < -0.4 is 10.6 Å². The minimum atomic E-state index is -0.369. The van der Waals surface area contributed by atoms with Gasteiger partial charge in [-0.1, -0.05) is 15.9 Å². The van der Waals surface area contributed by atoms with Gasteiger partial charge >= 0.3 is 0 Å². The number of nitro groups is 1. The molecule has 0 unspecified atom stereocenters. The fourth-order valence-electron chi connectivity index (χ4n) is 1.61. The van der Waals surface area contributed by atoms with Crippen molar-refractivity contribution in [1.29, 1.82) is 0 Å². The first-order chi connectivity index (χ1) is 7.08. The molecule has 5 nitrogen and oxygen atoms in total. The van der Waals surface area contributed by atoms with Crippen molar-refractivity contribution >= 4 is 27.3 Å². The molecule has 2 N–H and O–H groups in total. The predicted molar refractivity (Wildman–Crippen MR) is 61.0 cm³/mol. The van der Waals surface area contributed by atoms with Crippen LogP contribution in [0.3, 0.4) is 0 Å². The van der Waals surface area contributed by atoms with Crippen LogP contribution in [0.15, 0.2) is 22.7 Å². The van der Waals surface area contributed by atoms with Crippen LogP contribution in [0.5, 0.6) is 0 Å². The molecule has 1 aliphatic heterocycles. The summed E-state index contributed by atoms with van der Waals surface area (Å²) < 4.78 is 0.837. The van der Waals surface area contributed by atoms with E-state index in [9.17, 15) is 10.1 Å². The molecule has 1 aliphatic rings. The summed E-state index contributed by atoms with van der Waals surface area (Å²) in [6.45, 7) is 1.36. The Balaban J connectivity index is 2.35. The topological polar surface area (TPSA) is 72.4 Å². The van der Waals surface area contributed by atoms with Crippen molar-refractivity contribution in [3.05, 3.63) is 32.8 Å². The Bertz CT molecular complexity index is 404. The van der Waals surface area contributed by atoms with Gasteiger partial charge in [0.15, 0.2) is 0 Å². The van der Waals surface area contributed by atoms with Crippen LogP contribution in [0.1, 0.15) is 0 Å². The van der Waals surface area contributed by atoms with Crippen LogP contribution in [-0.2, 0) is 0 Å². The molecule has 0 amide bonds. The van der Waals surface area contributed by atoms with Gasteiger partial charge < -0.3 is 10.6 Å². The molecule has 1 saturated heterocycles. The number of nitrogens with zero attached hydrogens (tertiary/aromatic N) is 2. The highest BCUT2D eigenvalue weighted by Crippen LogP contribution is 2.33. The molecule has 1 fully saturated rings. The van der Waals surface area contributed by atoms with E-state index >= 15 is 0 Å². The molecule has 0 radical (unpaired) electrons. The molecule has 1 aromatic carbocycles. The van der Waals surface area contributed by atoms with E-state index in [1.165, 1.54) is 6.07 Å². The number of anilines is 1. The van der Waals surface area contributed by atoms with Crippen LogP contribution in [0.2, 0.25) is 0 Å². The first-order valence-corrected chi connectivity index (χ1v) is 5.31. The van der Waals surface area contributed by atoms with E-state index in [0.29, 0.717) is 18.8 Å². The zero-order valence-electron chi connectivity index (χ0n) is 7.89. The molecule has 1 heterocycles. The number of rotatable bonds is 2. The quantitative estimate of drug-likeness (QED) is 0.654. The number of nitro benzene ring substituents is 1. The second-order valence-corrected chi connectivity index (χ2v) is 4.47. The van der Waals surface area contributed by atoms with Crippen molar-refractivity contribution in [2.75, 3.05) is 18.0 Å². The first-order valence-electron chi connectivity index (χ1n) is 4.52. The summed E-state index contributed by atoms with van der Waals surface area (Å²) in [6.07, 6.45) is 0. The molecule has 2 rings (SSSR count). The lowest BCUT2D eigenvalue weighted by atomic mass is 10.1. The summed E-state index contributed by atoms with van der Waals surface area (Å²) in [7, 11) is 0. The van der Waals surface area contributed by atoms with E-state index < -0.39 is 0 Å². The summed E-state index contributed by atoms with van der Waals surface area (Å²) in [6, 6.07) is 5.05. The molecule has 0 saturated carbocycles. The Hall–Kier alpha value is -1.14. The summed E-state index contributed by atoms with van der Waals surface area (Å²) in [5.41, 5.74) is 6.41. The predicted octanol–water partition coefficient (Wildman–Crippen LogP) is 1.50. The van der Waals surface area contributed by atoms with Gasteiger partial charge in [0, 0.05) is 29.7 Å². The molecule has 0 aliphatic carbocycles. The van der Waals surface area contributed by atoms with Crippen LogP contribution in [0, 0.1) is 10.1 Å². The van der Waals surface area contributed by atoms with E-state index in [1.54, 1.807) is 12.1 Å². The van der Waals surface area contributed by atoms with Gasteiger partial charge in [0.2, 0.25) is 0 Å². The highest BCUT2D eigenvalue weighted by Gasteiger charge is 2.28. The van der Waals surface area contributed by atoms with Crippen molar-refractivity contribution in [2.24, 2.45) is 5.73 Å². The van der Waals surface area contributed by atoms with Crippen LogP contribution in [0.4, 0.5) is 11.4 Å². The fraction of sp³-hybridized carbons (Fsp3) is 0.333. The average molecular weight is 272 g/mol. The number of benzene rings is 1. The van der Waals surface area contributed by atoms with E-state index in [1.807, 2.05) is 4.90 Å². The van der Waals surface area contributed by atoms with Crippen molar-refractivity contribution < 1.29 is 4.92 Å². The van der Waals surface area contributed by atoms with Gasteiger partial charge in [0.05, 0.1) is 4.92 Å². The zero-order chi connectivity index (χ0) is 11.0. The lowest BCUT2D eigenvalue weighted by Gasteiger charge is -2.38. The van der Waals surface area contributed by atoms with Gasteiger partial charge in [-0.25, -0.2) is 0 Å². The molecule has 0 atom stereocenters. The van der Waals surface area contributed by atoms with E-state index in [2.05, 4.69) is 15.9 Å². The van der Waals surface area contributed by atoms with Crippen LogP contribution in [-0.4, -0.2) is 24.1 Å². The monoisotopic (exact) mass is 271 g/mol. The lowest BCUT2D eigenvalue weighted by molar-refractivity contribution is -0.384. The standard InChI is InChI=1S/C9H10BrN3O2/c10-6-1-2-8(13(14)15)9(3-6)12-4-7(11)5-12/h1-3,7H,4-5,11H2. The van der Waals surface area contributed by atoms with Gasteiger partial charge in [-0.05, 0) is 12.1 Å². The van der Waals surface area contributed by atoms with Gasteiger partial charge in [-0.3, -0.25) is 10.1 Å². The summed E-state index contributed by atoms with van der Waals surface area (Å²) in [4.78, 5) is 12.3. The molecule has 6 heteroatoms. The van der Waals surface area contributed by atoms with Gasteiger partial charge in [0.25, 0.3) is 5.69 Å². The molecule has 0 bridgehead atoms. The third-order valence-electron chi connectivity index (χ3n) is 2.38. The second-order valence-electron chi connectivity index (χ2n) is 3.56. The Morgan fingerprint density at radius 2 is 2.20 bits per heavy atom. The van der Waals surface area contributed by atoms with Gasteiger partial charge in [-0.15, -0.1) is 0 Å². The minimum absolute atomic E-state index is 0.128. The molecule has 1 aromatic rings. The summed E-state index contributed by atoms with van der Waals surface area (Å²) in [5, 5.41) is 10.8. The summed E-state index contributed by atoms with van der Waals surface area (Å²) in [5.74, 6) is 0. The molecule has 15 heavy (non-hydrogen) atoms. The van der Waals surface area contributed by atoms with Crippen LogP contribution >= 0.6 is 15.9 Å². The van der Waals surface area contributed by atoms with Gasteiger partial charge in [0.1, 0.15) is 5.69 Å². The summed E-state index contributed by atoms with van der Waals surface area (Å²) >= 11 is 3.30. The van der Waals surface area contributed by atoms with Crippen molar-refractivity contribution in [3.63, 3.8) is 0 Å². The molecule has 0 aromatic heterocycles. The van der Waals surface area contributed by atoms with E-state index in [4.69, 9.17) is 5.73 Å². The largest absolute Gasteiger partial charge is 0.363 e. The maximum Gasteiger partial charge on any atom is 0.292 e. The lowest BCUT2D eigenvalue weighted by Crippen LogP contribution is -2.56. The van der Waals surface area contributed by atoms with Gasteiger partial charge in [-0.2, -0.15) is 0 Å². The highest BCUT2D eigenvalue weighted by molar-refractivity contribution is 9.10. The van der Waals surface area contributed by atoms with E-state index in [-0.39, 0.29) is 16.7 Å². The second kappa shape index (κ2) is 3.79. The van der Waals surface area contributed by atoms with Crippen molar-refractivity contribution in [2.45, 2.75) is 6.04 Å². The SMILES string of the molecule is NC1CN(c2cc(Br)ccc2[N+](=O)[O-])C1. The zero-order valence-corrected chi connectivity index (χ0v) is 9.48. The fourth-order valence-corrected chi connectivity index (χ4v) is 1.96. The maximum absolute atomic E-state index is 10.8. The highest BCUT2D eigenvalue weighted by atomic mass is 79.9. The number of hydrogen-bond donors (Lipinski definition) is 1. The van der Waals surface area contributed by atoms with Crippen LogP contribution in [0.25, 0.3) is 0 Å². The third kappa shape index (κ3) is 1.95. The smallest absolute Gasteiger partial charge is 0.292 e. The normalized spacial score (nSPS) is 16.3. The average Bonchev–Trinajstić information content (AvgIpc) is 2.12. The van der Waals surface area contributed by atoms with Crippen molar-refractivity contribution in [1.82, 2.24) is 0 Å². The number of nitrogens with two attached hydrogens (primary N) is 1. The van der Waals surface area contributed by atoms with Crippen molar-refractivity contribution in [3.8, 4) is 0 Å². The minimum Gasteiger partial charge on any atom is -0.363 e. The molecule has 80 valence electrons. The Morgan fingerprint density at radius 1 is 1.53 bits per heavy atom. The Kier molecular flexibility index (Phi) is 2.62. The first kappa shape index (κ1) is 10.4. The number of halogens is 1. The molecule has 0 spiro atoms. The van der Waals surface area contributed by atoms with E-state index in [0.717, 1.165) is 4.47 Å². The Morgan fingerprint density at radius 3 is 2.73 bits per heavy atom. The molecular formula is C9H10BrN3O2. The maximum atomic E-state index is 10.8. The Labute approximate surface area is 95.1 Å².